The topological polar surface area (TPSA) is 74.7 Å². The number of benzene rings is 2. The number of pyridine rings is 1. The molecule has 1 saturated heterocycles. The number of nitrogens with zero attached hydrogens (tertiary/aromatic N) is 2. The first kappa shape index (κ1) is 28.5. The Bertz CT molecular complexity index is 1260. The van der Waals surface area contributed by atoms with Crippen molar-refractivity contribution in [2.24, 2.45) is 5.41 Å². The van der Waals surface area contributed by atoms with Crippen molar-refractivity contribution in [1.82, 2.24) is 15.4 Å². The Morgan fingerprint density at radius 3 is 2.76 bits per heavy atom. The van der Waals surface area contributed by atoms with Crippen LogP contribution in [0.4, 0.5) is 8.78 Å². The van der Waals surface area contributed by atoms with E-state index in [1.165, 1.54) is 31.1 Å². The summed E-state index contributed by atoms with van der Waals surface area (Å²) in [7, 11) is 1.54. The average Bonchev–Trinajstić information content (AvgIpc) is 2.94. The summed E-state index contributed by atoms with van der Waals surface area (Å²) in [4.78, 5) is 20.0. The Morgan fingerprint density at radius 2 is 2.05 bits per heavy atom. The number of carbonyl (C=O) groups is 1. The quantitative estimate of drug-likeness (QED) is 0.119. The number of likely N-dealkylation sites (tertiary alicyclic amines) is 1. The number of hydrogen-bond donors (Lipinski definition) is 2. The predicted octanol–water partition coefficient (Wildman–Crippen LogP) is 6.60. The highest BCUT2D eigenvalue weighted by atomic mass is 35.5. The lowest BCUT2D eigenvalue weighted by Crippen LogP contribution is -2.48. The van der Waals surface area contributed by atoms with Gasteiger partial charge in [-0.1, -0.05) is 23.7 Å². The summed E-state index contributed by atoms with van der Waals surface area (Å²) in [6.45, 7) is 2.14. The number of amides is 1. The third kappa shape index (κ3) is 6.57. The van der Waals surface area contributed by atoms with Crippen molar-refractivity contribution >= 4 is 40.2 Å². The van der Waals surface area contributed by atoms with Crippen LogP contribution in [0.2, 0.25) is 5.02 Å². The molecule has 6 nitrogen and oxygen atoms in total. The normalized spacial score (nSPS) is 16.3. The lowest BCUT2D eigenvalue weighted by molar-refractivity contribution is -0.143. The van der Waals surface area contributed by atoms with E-state index in [1.807, 2.05) is 11.5 Å². The average molecular weight is 564 g/mol. The molecule has 38 heavy (non-hydrogen) atoms. The van der Waals surface area contributed by atoms with E-state index in [1.54, 1.807) is 30.3 Å². The molecule has 2 N–H and O–H groups in total. The molecule has 1 atom stereocenters. The molecule has 0 bridgehead atoms. The van der Waals surface area contributed by atoms with Crippen LogP contribution >= 0.6 is 23.4 Å². The Kier molecular flexibility index (Phi) is 9.81. The molecule has 0 spiro atoms. The van der Waals surface area contributed by atoms with Crippen molar-refractivity contribution in [3.05, 3.63) is 65.1 Å². The maximum Gasteiger partial charge on any atom is 0.249 e. The summed E-state index contributed by atoms with van der Waals surface area (Å²) in [6, 6.07) is 12.0. The largest absolute Gasteiger partial charge is 0.497 e. The maximum absolute atomic E-state index is 15.7. The van der Waals surface area contributed by atoms with Crippen LogP contribution < -0.4 is 10.2 Å². The fourth-order valence-electron chi connectivity index (χ4n) is 5.11. The zero-order valence-corrected chi connectivity index (χ0v) is 22.8. The van der Waals surface area contributed by atoms with Gasteiger partial charge in [-0.05, 0) is 87.8 Å². The van der Waals surface area contributed by atoms with Crippen molar-refractivity contribution in [2.75, 3.05) is 32.5 Å². The molecule has 2 heterocycles. The molecule has 0 saturated carbocycles. The molecular weight excluding hydrogens is 532 g/mol. The predicted molar refractivity (Wildman–Crippen MR) is 146 cm³/mol. The van der Waals surface area contributed by atoms with Gasteiger partial charge in [-0.25, -0.2) is 14.3 Å². The molecule has 1 fully saturated rings. The monoisotopic (exact) mass is 563 g/mol. The minimum absolute atomic E-state index is 0.0722. The number of piperidine rings is 1. The minimum Gasteiger partial charge on any atom is -0.497 e. The van der Waals surface area contributed by atoms with Crippen molar-refractivity contribution in [2.45, 2.75) is 43.2 Å². The van der Waals surface area contributed by atoms with Gasteiger partial charge in [0.1, 0.15) is 17.7 Å². The number of hydrogen-bond acceptors (Lipinski definition) is 6. The molecule has 0 aliphatic carbocycles. The van der Waals surface area contributed by atoms with Gasteiger partial charge < -0.3 is 9.64 Å². The van der Waals surface area contributed by atoms with Gasteiger partial charge in [0.15, 0.2) is 0 Å². The van der Waals surface area contributed by atoms with Gasteiger partial charge >= 0.3 is 0 Å². The highest BCUT2D eigenvalue weighted by Gasteiger charge is 2.41. The molecule has 1 aliphatic heterocycles. The Labute approximate surface area is 230 Å². The molecule has 1 aliphatic rings. The molecule has 10 heteroatoms. The molecule has 3 aromatic rings. The first-order valence-corrected chi connectivity index (χ1v) is 14.0. The maximum atomic E-state index is 15.7. The number of rotatable bonds is 11. The molecule has 204 valence electrons. The van der Waals surface area contributed by atoms with Gasteiger partial charge in [-0.3, -0.25) is 15.0 Å². The van der Waals surface area contributed by atoms with Crippen LogP contribution in [-0.2, 0) is 4.79 Å². The molecule has 1 amide bonds. The van der Waals surface area contributed by atoms with Crippen LogP contribution in [0.25, 0.3) is 10.9 Å². The third-order valence-corrected chi connectivity index (χ3v) is 8.80. The molecule has 2 aromatic carbocycles. The van der Waals surface area contributed by atoms with Crippen molar-refractivity contribution in [1.29, 1.82) is 0 Å². The second-order valence-electron chi connectivity index (χ2n) is 9.60. The van der Waals surface area contributed by atoms with Crippen molar-refractivity contribution in [3.8, 4) is 5.75 Å². The summed E-state index contributed by atoms with van der Waals surface area (Å²) in [5.41, 5.74) is 1.89. The Hall–Kier alpha value is -2.46. The van der Waals surface area contributed by atoms with E-state index >= 15 is 4.39 Å². The smallest absolute Gasteiger partial charge is 0.249 e. The number of methoxy groups -OCH3 is 1. The minimum atomic E-state index is -1.42. The highest BCUT2D eigenvalue weighted by molar-refractivity contribution is 7.99. The number of hydroxylamine groups is 1. The van der Waals surface area contributed by atoms with Gasteiger partial charge in [0, 0.05) is 22.0 Å². The van der Waals surface area contributed by atoms with Crippen LogP contribution in [0.1, 0.15) is 43.8 Å². The number of aromatic nitrogens is 1. The summed E-state index contributed by atoms with van der Waals surface area (Å²) in [5.74, 6) is 0.675. The van der Waals surface area contributed by atoms with Gasteiger partial charge in [-0.2, -0.15) is 0 Å². The van der Waals surface area contributed by atoms with Gasteiger partial charge in [0.05, 0.1) is 23.1 Å². The number of fused-ring (bicyclic) bond motifs is 1. The summed E-state index contributed by atoms with van der Waals surface area (Å²) < 4.78 is 34.8. The van der Waals surface area contributed by atoms with Crippen LogP contribution in [0.5, 0.6) is 5.75 Å². The lowest BCUT2D eigenvalue weighted by atomic mass is 9.73. The number of halogens is 3. The van der Waals surface area contributed by atoms with Crippen molar-refractivity contribution in [3.63, 3.8) is 0 Å². The number of carbonyl (C=O) groups excluding carboxylic acids is 1. The number of nitrogens with one attached hydrogen (secondary N) is 1. The molecule has 0 radical (unpaired) electrons. The first-order chi connectivity index (χ1) is 18.4. The zero-order chi connectivity index (χ0) is 27.1. The first-order valence-electron chi connectivity index (χ1n) is 12.7. The standard InChI is InChI=1S/C28H32ClF2N3O3S/c1-37-19-7-8-24-20(17-19)26(21(29)18-32-24)23(31)9-10-28(27(35)33-36)11-14-34(15-12-28)13-4-16-38-25-6-3-2-5-22(25)30/h2-3,5-8,17-18,23,36H,4,9-16H2,1H3,(H,33,35). The Morgan fingerprint density at radius 1 is 1.29 bits per heavy atom. The van der Waals surface area contributed by atoms with E-state index < -0.39 is 17.5 Å². The molecule has 1 aromatic heterocycles. The molecule has 1 unspecified atom stereocenters. The second-order valence-corrected chi connectivity index (χ2v) is 11.1. The zero-order valence-electron chi connectivity index (χ0n) is 21.3. The second kappa shape index (κ2) is 13.1. The fourth-order valence-corrected chi connectivity index (χ4v) is 6.25. The SMILES string of the molecule is COc1ccc2ncc(Cl)c(C(F)CCC3(C(=O)NO)CCN(CCCSc4ccccc4F)CC3)c2c1. The highest BCUT2D eigenvalue weighted by Crippen LogP contribution is 2.42. The number of ether oxygens (including phenoxy) is 1. The Balaban J connectivity index is 1.36. The van der Waals surface area contributed by atoms with E-state index in [2.05, 4.69) is 9.88 Å². The van der Waals surface area contributed by atoms with E-state index in [4.69, 9.17) is 16.3 Å². The summed E-state index contributed by atoms with van der Waals surface area (Å²) in [5, 5.41) is 10.3. The summed E-state index contributed by atoms with van der Waals surface area (Å²) >= 11 is 7.87. The fraction of sp³-hybridized carbons (Fsp3) is 0.429. The molecular formula is C28H32ClF2N3O3S. The van der Waals surface area contributed by atoms with Crippen molar-refractivity contribution < 1.29 is 23.5 Å². The van der Waals surface area contributed by atoms with E-state index in [0.717, 1.165) is 18.7 Å². The van der Waals surface area contributed by atoms with Gasteiger partial charge in [0.25, 0.3) is 0 Å². The van der Waals surface area contributed by atoms with E-state index in [0.29, 0.717) is 53.0 Å². The van der Waals surface area contributed by atoms with Gasteiger partial charge in [0.2, 0.25) is 5.91 Å². The third-order valence-electron chi connectivity index (χ3n) is 7.37. The summed E-state index contributed by atoms with van der Waals surface area (Å²) in [6.07, 6.45) is 2.25. The number of alkyl halides is 1. The van der Waals surface area contributed by atoms with Crippen LogP contribution in [0.15, 0.2) is 53.6 Å². The number of thioether (sulfide) groups is 1. The van der Waals surface area contributed by atoms with Crippen LogP contribution in [0.3, 0.4) is 0 Å². The van der Waals surface area contributed by atoms with Crippen LogP contribution in [-0.4, -0.2) is 53.5 Å². The van der Waals surface area contributed by atoms with Gasteiger partial charge in [-0.15, -0.1) is 11.8 Å². The van der Waals surface area contributed by atoms with E-state index in [-0.39, 0.29) is 23.7 Å². The van der Waals surface area contributed by atoms with E-state index in [9.17, 15) is 14.4 Å². The lowest BCUT2D eigenvalue weighted by Gasteiger charge is -2.40. The molecule has 4 rings (SSSR count). The van der Waals surface area contributed by atoms with Crippen LogP contribution in [0, 0.1) is 11.2 Å².